The minimum atomic E-state index is -0.587. The van der Waals surface area contributed by atoms with Crippen molar-refractivity contribution in [3.63, 3.8) is 0 Å². The molecule has 0 radical (unpaired) electrons. The van der Waals surface area contributed by atoms with Crippen LogP contribution in [0, 0.1) is 5.82 Å². The zero-order chi connectivity index (χ0) is 19.3. The number of rotatable bonds is 7. The molecule has 0 aromatic heterocycles. The number of ether oxygens (including phenoxy) is 4. The molecule has 0 saturated heterocycles. The number of carbonyl (C=O) groups excluding carboxylic acids is 1. The summed E-state index contributed by atoms with van der Waals surface area (Å²) in [5, 5.41) is 10.2. The van der Waals surface area contributed by atoms with Gasteiger partial charge in [-0.2, -0.15) is 0 Å². The molecule has 0 bridgehead atoms. The van der Waals surface area contributed by atoms with Crippen LogP contribution in [0.1, 0.15) is 15.9 Å². The molecule has 0 unspecified atom stereocenters. The van der Waals surface area contributed by atoms with Gasteiger partial charge in [-0.05, 0) is 24.3 Å². The molecule has 138 valence electrons. The molecule has 0 aliphatic rings. The lowest BCUT2D eigenvalue weighted by Gasteiger charge is -2.15. The topological polar surface area (TPSA) is 74.2 Å². The first-order chi connectivity index (χ1) is 12.5. The zero-order valence-corrected chi connectivity index (χ0v) is 14.8. The summed E-state index contributed by atoms with van der Waals surface area (Å²) in [5.74, 6) is -0.708. The molecule has 0 heterocycles. The van der Waals surface area contributed by atoms with Gasteiger partial charge in [0.25, 0.3) is 0 Å². The molecular formula is C19H19FO6. The summed E-state index contributed by atoms with van der Waals surface area (Å²) >= 11 is 0. The van der Waals surface area contributed by atoms with E-state index in [1.807, 2.05) is 0 Å². The van der Waals surface area contributed by atoms with E-state index in [0.29, 0.717) is 5.75 Å². The van der Waals surface area contributed by atoms with Gasteiger partial charge >= 0.3 is 0 Å². The van der Waals surface area contributed by atoms with Crippen LogP contribution in [-0.4, -0.2) is 39.3 Å². The van der Waals surface area contributed by atoms with Gasteiger partial charge in [-0.1, -0.05) is 0 Å². The van der Waals surface area contributed by atoms with Gasteiger partial charge in [0.15, 0.2) is 17.3 Å². The van der Waals surface area contributed by atoms with E-state index >= 15 is 0 Å². The molecule has 0 fully saturated rings. The van der Waals surface area contributed by atoms with Crippen molar-refractivity contribution < 1.29 is 33.2 Å². The van der Waals surface area contributed by atoms with Crippen LogP contribution in [0.25, 0.3) is 6.08 Å². The van der Waals surface area contributed by atoms with Crippen LogP contribution in [0.5, 0.6) is 28.7 Å². The van der Waals surface area contributed by atoms with Crippen molar-refractivity contribution >= 4 is 11.9 Å². The number of halogens is 1. The Morgan fingerprint density at radius 1 is 1.00 bits per heavy atom. The highest BCUT2D eigenvalue weighted by Crippen LogP contribution is 2.44. The Bertz CT molecular complexity index is 844. The number of benzene rings is 2. The number of carbonyl (C=O) groups is 1. The summed E-state index contributed by atoms with van der Waals surface area (Å²) in [6, 6.07) is 5.50. The van der Waals surface area contributed by atoms with Crippen LogP contribution in [0.15, 0.2) is 30.3 Å². The molecular weight excluding hydrogens is 343 g/mol. The van der Waals surface area contributed by atoms with Crippen molar-refractivity contribution in [2.24, 2.45) is 0 Å². The van der Waals surface area contributed by atoms with E-state index in [0.717, 1.165) is 6.08 Å². The van der Waals surface area contributed by atoms with Crippen molar-refractivity contribution in [2.45, 2.75) is 0 Å². The summed E-state index contributed by atoms with van der Waals surface area (Å²) in [4.78, 5) is 12.6. The van der Waals surface area contributed by atoms with Gasteiger partial charge in [0.2, 0.25) is 5.75 Å². The number of aromatic hydroxyl groups is 1. The number of phenols is 1. The zero-order valence-electron chi connectivity index (χ0n) is 14.8. The third-order valence-electron chi connectivity index (χ3n) is 3.68. The highest BCUT2D eigenvalue weighted by molar-refractivity contribution is 6.11. The maximum absolute atomic E-state index is 14.0. The highest BCUT2D eigenvalue weighted by atomic mass is 19.1. The Balaban J connectivity index is 2.44. The predicted octanol–water partition coefficient (Wildman–Crippen LogP) is 3.46. The Hall–Kier alpha value is -3.22. The third kappa shape index (κ3) is 3.72. The Kier molecular flexibility index (Phi) is 6.06. The average Bonchev–Trinajstić information content (AvgIpc) is 2.65. The van der Waals surface area contributed by atoms with Gasteiger partial charge < -0.3 is 24.1 Å². The minimum Gasteiger partial charge on any atom is -0.507 e. The second-order valence-corrected chi connectivity index (χ2v) is 5.12. The number of phenolic OH excluding ortho intramolecular Hbond substituents is 1. The van der Waals surface area contributed by atoms with Crippen LogP contribution >= 0.6 is 0 Å². The fourth-order valence-electron chi connectivity index (χ4n) is 2.40. The van der Waals surface area contributed by atoms with Crippen LogP contribution in [0.3, 0.4) is 0 Å². The maximum atomic E-state index is 14.0. The van der Waals surface area contributed by atoms with Gasteiger partial charge in [-0.25, -0.2) is 4.39 Å². The number of allylic oxidation sites excluding steroid dienone is 1. The van der Waals surface area contributed by atoms with Crippen molar-refractivity contribution in [3.8, 4) is 28.7 Å². The first kappa shape index (κ1) is 19.1. The van der Waals surface area contributed by atoms with E-state index < -0.39 is 11.6 Å². The molecule has 6 nitrogen and oxygen atoms in total. The van der Waals surface area contributed by atoms with Crippen molar-refractivity contribution in [1.29, 1.82) is 0 Å². The van der Waals surface area contributed by atoms with Gasteiger partial charge in [-0.15, -0.1) is 0 Å². The SMILES string of the molecule is COc1ccc(/C=C/C(=O)c2c(O)cc(OC)c(OC)c2OC)c(F)c1. The first-order valence-corrected chi connectivity index (χ1v) is 7.54. The molecule has 26 heavy (non-hydrogen) atoms. The molecule has 7 heteroatoms. The number of hydrogen-bond acceptors (Lipinski definition) is 6. The van der Waals surface area contributed by atoms with E-state index in [9.17, 15) is 14.3 Å². The standard InChI is InChI=1S/C19H19FO6/c1-23-12-7-5-11(13(20)9-12)6-8-14(21)17-15(22)10-16(24-2)18(25-3)19(17)26-4/h5-10,22H,1-4H3/b8-6+. The van der Waals surface area contributed by atoms with Crippen molar-refractivity contribution in [2.75, 3.05) is 28.4 Å². The number of ketones is 1. The predicted molar refractivity (Wildman–Crippen MR) is 94.1 cm³/mol. The van der Waals surface area contributed by atoms with Gasteiger partial charge in [0.1, 0.15) is 22.9 Å². The Morgan fingerprint density at radius 3 is 2.23 bits per heavy atom. The van der Waals surface area contributed by atoms with Crippen LogP contribution < -0.4 is 18.9 Å². The quantitative estimate of drug-likeness (QED) is 0.601. The molecule has 2 aromatic rings. The van der Waals surface area contributed by atoms with Crippen molar-refractivity contribution in [3.05, 3.63) is 47.3 Å². The molecule has 0 atom stereocenters. The minimum absolute atomic E-state index is 0.0224. The molecule has 2 aromatic carbocycles. The Labute approximate surface area is 150 Å². The molecule has 1 N–H and O–H groups in total. The first-order valence-electron chi connectivity index (χ1n) is 7.54. The lowest BCUT2D eigenvalue weighted by Crippen LogP contribution is -2.03. The summed E-state index contributed by atoms with van der Waals surface area (Å²) in [7, 11) is 5.54. The molecule has 2 rings (SSSR count). The normalized spacial score (nSPS) is 10.7. The van der Waals surface area contributed by atoms with E-state index in [1.54, 1.807) is 6.07 Å². The summed E-state index contributed by atoms with van der Waals surface area (Å²) in [5.41, 5.74) is 0.0772. The highest BCUT2D eigenvalue weighted by Gasteiger charge is 2.24. The van der Waals surface area contributed by atoms with E-state index in [4.69, 9.17) is 18.9 Å². The lowest BCUT2D eigenvalue weighted by atomic mass is 10.0. The Morgan fingerprint density at radius 2 is 1.69 bits per heavy atom. The largest absolute Gasteiger partial charge is 0.507 e. The van der Waals surface area contributed by atoms with Gasteiger partial charge in [0, 0.05) is 17.7 Å². The third-order valence-corrected chi connectivity index (χ3v) is 3.68. The summed E-state index contributed by atoms with van der Waals surface area (Å²) in [6.45, 7) is 0. The van der Waals surface area contributed by atoms with Gasteiger partial charge in [-0.3, -0.25) is 4.79 Å². The molecule has 0 spiro atoms. The fraction of sp³-hybridized carbons (Fsp3) is 0.211. The van der Waals surface area contributed by atoms with E-state index in [1.165, 1.54) is 52.7 Å². The van der Waals surface area contributed by atoms with Crippen LogP contribution in [0.2, 0.25) is 0 Å². The van der Waals surface area contributed by atoms with E-state index in [-0.39, 0.29) is 34.1 Å². The maximum Gasteiger partial charge on any atom is 0.204 e. The molecule has 0 aliphatic carbocycles. The fourth-order valence-corrected chi connectivity index (χ4v) is 2.40. The molecule has 0 amide bonds. The smallest absolute Gasteiger partial charge is 0.204 e. The number of hydrogen-bond donors (Lipinski definition) is 1. The molecule has 0 aliphatic heterocycles. The number of methoxy groups -OCH3 is 4. The van der Waals surface area contributed by atoms with E-state index in [2.05, 4.69) is 0 Å². The summed E-state index contributed by atoms with van der Waals surface area (Å²) in [6.07, 6.45) is 2.43. The summed E-state index contributed by atoms with van der Waals surface area (Å²) < 4.78 is 34.4. The monoisotopic (exact) mass is 362 g/mol. The van der Waals surface area contributed by atoms with Crippen molar-refractivity contribution in [1.82, 2.24) is 0 Å². The van der Waals surface area contributed by atoms with Crippen LogP contribution in [0.4, 0.5) is 4.39 Å². The average molecular weight is 362 g/mol. The second-order valence-electron chi connectivity index (χ2n) is 5.12. The molecule has 0 saturated carbocycles. The van der Waals surface area contributed by atoms with Gasteiger partial charge in [0.05, 0.1) is 28.4 Å². The lowest BCUT2D eigenvalue weighted by molar-refractivity contribution is 0.104. The second kappa shape index (κ2) is 8.24. The van der Waals surface area contributed by atoms with Crippen LogP contribution in [-0.2, 0) is 0 Å².